The molecule has 1 saturated heterocycles. The number of nitrogens with zero attached hydrogens (tertiary/aromatic N) is 2. The van der Waals surface area contributed by atoms with Crippen molar-refractivity contribution in [2.75, 3.05) is 6.54 Å². The Kier molecular flexibility index (Phi) is 9.70. The third kappa shape index (κ3) is 7.33. The van der Waals surface area contributed by atoms with Crippen LogP contribution in [0.25, 0.3) is 0 Å². The smallest absolute Gasteiger partial charge is 0.326 e. The Morgan fingerprint density at radius 2 is 1.88 bits per heavy atom. The number of nitrogens with one attached hydrogen (secondary N) is 2. The Balaban J connectivity index is 1.34. The Labute approximate surface area is 235 Å². The molecule has 0 saturated carbocycles. The van der Waals surface area contributed by atoms with Gasteiger partial charge in [0.1, 0.15) is 18.2 Å². The summed E-state index contributed by atoms with van der Waals surface area (Å²) >= 11 is 0. The second kappa shape index (κ2) is 13.2. The van der Waals surface area contributed by atoms with Gasteiger partial charge in [-0.05, 0) is 68.7 Å². The first-order chi connectivity index (χ1) is 19.1. The molecule has 1 unspecified atom stereocenters. The van der Waals surface area contributed by atoms with Gasteiger partial charge in [0.25, 0.3) is 0 Å². The predicted molar refractivity (Wildman–Crippen MR) is 151 cm³/mol. The zero-order valence-corrected chi connectivity index (χ0v) is 23.4. The number of hydrogen-bond donors (Lipinski definition) is 3. The van der Waals surface area contributed by atoms with Crippen molar-refractivity contribution in [2.24, 2.45) is 5.16 Å². The lowest BCUT2D eigenvalue weighted by atomic mass is 9.98. The number of amides is 1. The van der Waals surface area contributed by atoms with Gasteiger partial charge in [0.2, 0.25) is 15.9 Å². The number of hydrogen-bond acceptors (Lipinski definition) is 7. The van der Waals surface area contributed by atoms with Crippen LogP contribution in [0.5, 0.6) is 0 Å². The molecule has 2 aromatic carbocycles. The van der Waals surface area contributed by atoms with E-state index in [-0.39, 0.29) is 24.0 Å². The first kappa shape index (κ1) is 29.4. The third-order valence-electron chi connectivity index (χ3n) is 7.26. The number of carboxylic acid groups (broad SMARTS) is 1. The zero-order chi connectivity index (χ0) is 28.7. The van der Waals surface area contributed by atoms with Crippen molar-refractivity contribution in [3.63, 3.8) is 0 Å². The van der Waals surface area contributed by atoms with Gasteiger partial charge in [-0.1, -0.05) is 47.6 Å². The fourth-order valence-electron chi connectivity index (χ4n) is 5.07. The van der Waals surface area contributed by atoms with E-state index >= 15 is 0 Å². The van der Waals surface area contributed by atoms with Gasteiger partial charge in [-0.2, -0.15) is 4.31 Å². The van der Waals surface area contributed by atoms with E-state index in [0.717, 1.165) is 46.8 Å². The van der Waals surface area contributed by atoms with Gasteiger partial charge < -0.3 is 20.7 Å². The van der Waals surface area contributed by atoms with Crippen molar-refractivity contribution in [1.82, 2.24) is 9.62 Å². The average molecular weight is 569 g/mol. The number of unbranched alkanes of at least 4 members (excludes halogenated alkanes) is 1. The van der Waals surface area contributed by atoms with Crippen LogP contribution in [-0.4, -0.2) is 65.9 Å². The number of benzene rings is 2. The molecule has 2 aliphatic rings. The summed E-state index contributed by atoms with van der Waals surface area (Å²) in [6.07, 6.45) is 5.22. The summed E-state index contributed by atoms with van der Waals surface area (Å²) in [4.78, 5) is 30.8. The third-order valence-corrected chi connectivity index (χ3v) is 9.18. The van der Waals surface area contributed by atoms with E-state index < -0.39 is 34.0 Å². The maximum absolute atomic E-state index is 13.1. The van der Waals surface area contributed by atoms with Crippen molar-refractivity contribution in [1.29, 1.82) is 5.41 Å². The highest BCUT2D eigenvalue weighted by Gasteiger charge is 2.40. The number of carbonyl (C=O) groups excluding carboxylic acids is 1. The normalized spacial score (nSPS) is 20.0. The molecule has 40 heavy (non-hydrogen) atoms. The second-order valence-electron chi connectivity index (χ2n) is 10.4. The molecular weight excluding hydrogens is 532 g/mol. The SMILES string of the molecule is CC(=N)CCCCC1CC(c2ccc(C[C@H](NC(=O)[C@@H]3CCCN3S(=O)(=O)c3ccccc3)C(=O)O)cc2)=NO1. The van der Waals surface area contributed by atoms with Crippen molar-refractivity contribution in [3.05, 3.63) is 65.7 Å². The van der Waals surface area contributed by atoms with Crippen LogP contribution in [-0.2, 0) is 30.9 Å². The molecule has 1 fully saturated rings. The van der Waals surface area contributed by atoms with Crippen LogP contribution < -0.4 is 5.32 Å². The molecule has 0 radical (unpaired) electrons. The van der Waals surface area contributed by atoms with E-state index in [2.05, 4.69) is 10.5 Å². The van der Waals surface area contributed by atoms with Crippen LogP contribution in [0, 0.1) is 5.41 Å². The molecule has 4 rings (SSSR count). The summed E-state index contributed by atoms with van der Waals surface area (Å²) in [5, 5.41) is 24.1. The fraction of sp³-hybridized carbons (Fsp3) is 0.448. The summed E-state index contributed by atoms with van der Waals surface area (Å²) in [5.41, 5.74) is 3.13. The monoisotopic (exact) mass is 568 g/mol. The molecule has 1 amide bonds. The number of oxime groups is 1. The van der Waals surface area contributed by atoms with E-state index in [0.29, 0.717) is 25.0 Å². The molecule has 2 heterocycles. The molecular formula is C29H36N4O6S. The van der Waals surface area contributed by atoms with Crippen LogP contribution >= 0.6 is 0 Å². The van der Waals surface area contributed by atoms with E-state index in [4.69, 9.17) is 10.2 Å². The molecule has 2 aliphatic heterocycles. The molecule has 3 N–H and O–H groups in total. The Morgan fingerprint density at radius 3 is 2.55 bits per heavy atom. The van der Waals surface area contributed by atoms with Gasteiger partial charge in [-0.25, -0.2) is 13.2 Å². The maximum Gasteiger partial charge on any atom is 0.326 e. The van der Waals surface area contributed by atoms with Crippen molar-refractivity contribution >= 4 is 33.3 Å². The maximum atomic E-state index is 13.1. The van der Waals surface area contributed by atoms with Gasteiger partial charge in [0, 0.05) is 25.1 Å². The highest BCUT2D eigenvalue weighted by Crippen LogP contribution is 2.26. The summed E-state index contributed by atoms with van der Waals surface area (Å²) < 4.78 is 27.4. The number of aliphatic carboxylic acids is 1. The number of carboxylic acids is 1. The summed E-state index contributed by atoms with van der Waals surface area (Å²) in [7, 11) is -3.88. The average Bonchev–Trinajstić information content (AvgIpc) is 3.62. The van der Waals surface area contributed by atoms with Gasteiger partial charge in [0.15, 0.2) is 0 Å². The van der Waals surface area contributed by atoms with E-state index in [1.807, 2.05) is 31.2 Å². The molecule has 0 spiro atoms. The summed E-state index contributed by atoms with van der Waals surface area (Å²) in [5.74, 6) is -1.80. The lowest BCUT2D eigenvalue weighted by molar-refractivity contribution is -0.142. The van der Waals surface area contributed by atoms with E-state index in [9.17, 15) is 23.1 Å². The van der Waals surface area contributed by atoms with Crippen LogP contribution in [0.2, 0.25) is 0 Å². The van der Waals surface area contributed by atoms with E-state index in [1.54, 1.807) is 18.2 Å². The minimum absolute atomic E-state index is 0.0215. The Morgan fingerprint density at radius 1 is 1.15 bits per heavy atom. The minimum Gasteiger partial charge on any atom is -0.480 e. The van der Waals surface area contributed by atoms with E-state index in [1.165, 1.54) is 12.1 Å². The van der Waals surface area contributed by atoms with Gasteiger partial charge in [-0.3, -0.25) is 4.79 Å². The van der Waals surface area contributed by atoms with Crippen LogP contribution in [0.15, 0.2) is 64.6 Å². The number of rotatable bonds is 13. The Hall–Kier alpha value is -3.57. The molecule has 0 aromatic heterocycles. The van der Waals surface area contributed by atoms with Crippen molar-refractivity contribution < 1.29 is 28.0 Å². The van der Waals surface area contributed by atoms with Gasteiger partial charge in [0.05, 0.1) is 10.6 Å². The molecule has 214 valence electrons. The first-order valence-electron chi connectivity index (χ1n) is 13.6. The molecule has 2 aromatic rings. The Bertz CT molecular complexity index is 1340. The second-order valence-corrected chi connectivity index (χ2v) is 12.3. The molecule has 3 atom stereocenters. The minimum atomic E-state index is -3.88. The van der Waals surface area contributed by atoms with Gasteiger partial charge >= 0.3 is 5.97 Å². The molecule has 11 heteroatoms. The summed E-state index contributed by atoms with van der Waals surface area (Å²) in [6, 6.07) is 13.1. The number of sulfonamides is 1. The van der Waals surface area contributed by atoms with Crippen LogP contribution in [0.4, 0.5) is 0 Å². The predicted octanol–water partition coefficient (Wildman–Crippen LogP) is 3.74. The van der Waals surface area contributed by atoms with Crippen LogP contribution in [0.3, 0.4) is 0 Å². The molecule has 0 aliphatic carbocycles. The van der Waals surface area contributed by atoms with Crippen molar-refractivity contribution in [3.8, 4) is 0 Å². The molecule has 10 nitrogen and oxygen atoms in total. The lowest BCUT2D eigenvalue weighted by Gasteiger charge is -2.25. The first-order valence-corrected chi connectivity index (χ1v) is 15.0. The summed E-state index contributed by atoms with van der Waals surface area (Å²) in [6.45, 7) is 2.01. The molecule has 0 bridgehead atoms. The topological polar surface area (TPSA) is 149 Å². The highest BCUT2D eigenvalue weighted by atomic mass is 32.2. The lowest BCUT2D eigenvalue weighted by Crippen LogP contribution is -2.51. The number of carbonyl (C=O) groups is 2. The zero-order valence-electron chi connectivity index (χ0n) is 22.6. The van der Waals surface area contributed by atoms with Gasteiger partial charge in [-0.15, -0.1) is 0 Å². The highest BCUT2D eigenvalue weighted by molar-refractivity contribution is 7.89. The fourth-order valence-corrected chi connectivity index (χ4v) is 6.75. The van der Waals surface area contributed by atoms with Crippen molar-refractivity contribution in [2.45, 2.75) is 81.4 Å². The standard InChI is InChI=1S/C29H36N4O6S/c1-20(30)8-5-6-9-23-19-25(32-39-23)22-15-13-21(14-16-22)18-26(29(35)36)31-28(34)27-12-7-17-33(27)40(37,38)24-10-3-2-4-11-24/h2-4,10-11,13-16,23,26-27,30H,5-9,12,17-19H2,1H3,(H,31,34)(H,35,36)/t23?,26-,27-/m0/s1. The largest absolute Gasteiger partial charge is 0.480 e. The quantitative estimate of drug-likeness (QED) is 0.248. The van der Waals surface area contributed by atoms with Crippen LogP contribution in [0.1, 0.15) is 63.0 Å².